The lowest BCUT2D eigenvalue weighted by molar-refractivity contribution is -0.159. The van der Waals surface area contributed by atoms with E-state index in [1.165, 1.54) is 0 Å². The molecule has 1 aromatic heterocycles. The van der Waals surface area contributed by atoms with Crippen molar-refractivity contribution in [1.82, 2.24) is 9.55 Å². The van der Waals surface area contributed by atoms with E-state index in [2.05, 4.69) is 4.98 Å². The minimum Gasteiger partial charge on any atom is -0.473 e. The normalized spacial score (nSPS) is 11.0. The Morgan fingerprint density at radius 3 is 2.17 bits per heavy atom. The molecule has 0 spiro atoms. The fraction of sp³-hybridized carbons (Fsp3) is 0.100. The number of aliphatic carboxylic acids is 2. The third kappa shape index (κ3) is 6.91. The smallest absolute Gasteiger partial charge is 0.414 e. The Balaban J connectivity index is 0.000000469. The SMILES string of the molecule is O=C(O)C(=O)O.O=C(OC(Cn1ccnc1)c1ccc(Cl)cc1)c1ccccc1Cl. The van der Waals surface area contributed by atoms with Crippen molar-refractivity contribution in [2.75, 3.05) is 0 Å². The summed E-state index contributed by atoms with van der Waals surface area (Å²) in [6, 6.07) is 14.0. The number of esters is 1. The van der Waals surface area contributed by atoms with Gasteiger partial charge in [-0.25, -0.2) is 19.4 Å². The molecule has 156 valence electrons. The standard InChI is InChI=1S/C18H14Cl2N2O2.C2H2O4/c19-14-7-5-13(6-8-14)17(11-22-10-9-21-12-22)24-18(23)15-3-1-2-4-16(15)20;3-1(4)2(5)6/h1-10,12,17H,11H2;(H,3,4)(H,5,6). The van der Waals surface area contributed by atoms with Crippen LogP contribution in [0.15, 0.2) is 67.3 Å². The van der Waals surface area contributed by atoms with Crippen LogP contribution in [0.3, 0.4) is 0 Å². The summed E-state index contributed by atoms with van der Waals surface area (Å²) >= 11 is 12.0. The second kappa shape index (κ2) is 11.0. The summed E-state index contributed by atoms with van der Waals surface area (Å²) in [5, 5.41) is 15.8. The maximum Gasteiger partial charge on any atom is 0.414 e. The molecule has 0 amide bonds. The second-order valence-corrected chi connectivity index (χ2v) is 6.64. The van der Waals surface area contributed by atoms with E-state index in [4.69, 9.17) is 47.7 Å². The molecule has 0 aliphatic heterocycles. The van der Waals surface area contributed by atoms with E-state index in [9.17, 15) is 4.79 Å². The molecule has 3 aromatic rings. The topological polar surface area (TPSA) is 119 Å². The highest BCUT2D eigenvalue weighted by Crippen LogP contribution is 2.25. The van der Waals surface area contributed by atoms with E-state index in [1.807, 2.05) is 22.9 Å². The maximum absolute atomic E-state index is 12.5. The fourth-order valence-corrected chi connectivity index (χ4v) is 2.63. The number of nitrogens with zero attached hydrogens (tertiary/aromatic N) is 2. The van der Waals surface area contributed by atoms with Gasteiger partial charge in [-0.3, -0.25) is 0 Å². The molecule has 0 radical (unpaired) electrons. The highest BCUT2D eigenvalue weighted by Gasteiger charge is 2.20. The van der Waals surface area contributed by atoms with Crippen LogP contribution in [0, 0.1) is 0 Å². The van der Waals surface area contributed by atoms with Gasteiger partial charge in [0.15, 0.2) is 0 Å². The van der Waals surface area contributed by atoms with Crippen LogP contribution in [0.4, 0.5) is 0 Å². The summed E-state index contributed by atoms with van der Waals surface area (Å²) in [6.45, 7) is 0.442. The molecule has 10 heteroatoms. The van der Waals surface area contributed by atoms with Crippen LogP contribution in [0.2, 0.25) is 10.0 Å². The maximum atomic E-state index is 12.5. The van der Waals surface area contributed by atoms with Crippen molar-refractivity contribution >= 4 is 41.1 Å². The highest BCUT2D eigenvalue weighted by molar-refractivity contribution is 6.33. The van der Waals surface area contributed by atoms with Crippen LogP contribution in [0.25, 0.3) is 0 Å². The predicted molar refractivity (Wildman–Crippen MR) is 109 cm³/mol. The summed E-state index contributed by atoms with van der Waals surface area (Å²) in [5.41, 5.74) is 1.18. The first kappa shape index (κ1) is 22.9. The lowest BCUT2D eigenvalue weighted by Crippen LogP contribution is -2.17. The van der Waals surface area contributed by atoms with Gasteiger partial charge < -0.3 is 19.5 Å². The van der Waals surface area contributed by atoms with Crippen molar-refractivity contribution in [3.05, 3.63) is 88.4 Å². The predicted octanol–water partition coefficient (Wildman–Crippen LogP) is 3.94. The third-order valence-corrected chi connectivity index (χ3v) is 4.29. The van der Waals surface area contributed by atoms with Crippen molar-refractivity contribution in [3.63, 3.8) is 0 Å². The van der Waals surface area contributed by atoms with Gasteiger partial charge in [-0.2, -0.15) is 0 Å². The van der Waals surface area contributed by atoms with Crippen LogP contribution in [0.1, 0.15) is 22.0 Å². The van der Waals surface area contributed by atoms with Crippen LogP contribution in [-0.4, -0.2) is 37.7 Å². The Morgan fingerprint density at radius 1 is 1.00 bits per heavy atom. The summed E-state index contributed by atoms with van der Waals surface area (Å²) < 4.78 is 7.55. The Hall–Kier alpha value is -3.36. The van der Waals surface area contributed by atoms with Gasteiger partial charge in [0, 0.05) is 17.4 Å². The molecule has 1 unspecified atom stereocenters. The molecule has 0 saturated carbocycles. The van der Waals surface area contributed by atoms with Crippen molar-refractivity contribution in [2.24, 2.45) is 0 Å². The molecule has 8 nitrogen and oxygen atoms in total. The zero-order valence-corrected chi connectivity index (χ0v) is 16.8. The van der Waals surface area contributed by atoms with Crippen molar-refractivity contribution < 1.29 is 29.3 Å². The minimum atomic E-state index is -1.82. The Bertz CT molecular complexity index is 994. The van der Waals surface area contributed by atoms with Crippen molar-refractivity contribution in [1.29, 1.82) is 0 Å². The number of carboxylic acid groups (broad SMARTS) is 2. The molecular weight excluding hydrogens is 435 g/mol. The lowest BCUT2D eigenvalue weighted by Gasteiger charge is -2.19. The summed E-state index contributed by atoms with van der Waals surface area (Å²) in [4.78, 5) is 34.7. The number of imidazole rings is 1. The highest BCUT2D eigenvalue weighted by atomic mass is 35.5. The number of carbonyl (C=O) groups excluding carboxylic acids is 1. The Kier molecular flexibility index (Phi) is 8.40. The molecule has 1 heterocycles. The Labute approximate surface area is 181 Å². The van der Waals surface area contributed by atoms with Gasteiger partial charge in [-0.1, -0.05) is 47.5 Å². The number of carbonyl (C=O) groups is 3. The summed E-state index contributed by atoms with van der Waals surface area (Å²) in [5.74, 6) is -4.12. The van der Waals surface area contributed by atoms with Crippen LogP contribution in [0.5, 0.6) is 0 Å². The molecule has 30 heavy (non-hydrogen) atoms. The summed E-state index contributed by atoms with van der Waals surface area (Å²) in [7, 11) is 0. The zero-order valence-electron chi connectivity index (χ0n) is 15.3. The Morgan fingerprint density at radius 2 is 1.63 bits per heavy atom. The van der Waals surface area contributed by atoms with Gasteiger partial charge in [-0.05, 0) is 29.8 Å². The van der Waals surface area contributed by atoms with Gasteiger partial charge in [0.2, 0.25) is 0 Å². The number of benzene rings is 2. The first-order valence-electron chi connectivity index (χ1n) is 8.41. The first-order chi connectivity index (χ1) is 14.3. The number of ether oxygens (including phenoxy) is 1. The first-order valence-corrected chi connectivity index (χ1v) is 9.16. The van der Waals surface area contributed by atoms with Gasteiger partial charge in [0.05, 0.1) is 23.5 Å². The third-order valence-electron chi connectivity index (χ3n) is 3.70. The van der Waals surface area contributed by atoms with Crippen molar-refractivity contribution in [3.8, 4) is 0 Å². The average Bonchev–Trinajstić information content (AvgIpc) is 3.22. The van der Waals surface area contributed by atoms with E-state index in [1.54, 1.807) is 48.9 Å². The van der Waals surface area contributed by atoms with E-state index in [-0.39, 0.29) is 0 Å². The molecule has 3 rings (SSSR count). The fourth-order valence-electron chi connectivity index (χ4n) is 2.29. The minimum absolute atomic E-state index is 0.337. The molecule has 2 N–H and O–H groups in total. The van der Waals surface area contributed by atoms with Crippen LogP contribution >= 0.6 is 23.2 Å². The number of rotatable bonds is 5. The van der Waals surface area contributed by atoms with Crippen LogP contribution in [-0.2, 0) is 20.9 Å². The molecule has 1 atom stereocenters. The van der Waals surface area contributed by atoms with E-state index >= 15 is 0 Å². The number of halogens is 2. The molecule has 0 bridgehead atoms. The molecule has 0 aliphatic rings. The lowest BCUT2D eigenvalue weighted by atomic mass is 10.1. The number of hydrogen-bond acceptors (Lipinski definition) is 5. The van der Waals surface area contributed by atoms with E-state index in [0.29, 0.717) is 22.2 Å². The molecular formula is C20H16Cl2N2O6. The van der Waals surface area contributed by atoms with Gasteiger partial charge >= 0.3 is 17.9 Å². The number of hydrogen-bond donors (Lipinski definition) is 2. The van der Waals surface area contributed by atoms with Crippen LogP contribution < -0.4 is 0 Å². The van der Waals surface area contributed by atoms with Crippen molar-refractivity contribution in [2.45, 2.75) is 12.6 Å². The van der Waals surface area contributed by atoms with Gasteiger partial charge in [0.1, 0.15) is 6.10 Å². The van der Waals surface area contributed by atoms with Gasteiger partial charge in [-0.15, -0.1) is 0 Å². The van der Waals surface area contributed by atoms with Gasteiger partial charge in [0.25, 0.3) is 0 Å². The quantitative estimate of drug-likeness (QED) is 0.446. The molecule has 0 saturated heterocycles. The monoisotopic (exact) mass is 450 g/mol. The zero-order chi connectivity index (χ0) is 22.1. The molecule has 0 fully saturated rings. The molecule has 2 aromatic carbocycles. The largest absolute Gasteiger partial charge is 0.473 e. The van der Waals surface area contributed by atoms with E-state index < -0.39 is 24.0 Å². The average molecular weight is 451 g/mol. The second-order valence-electron chi connectivity index (χ2n) is 5.80. The molecule has 0 aliphatic carbocycles. The van der Waals surface area contributed by atoms with E-state index in [0.717, 1.165) is 5.56 Å². The summed E-state index contributed by atoms with van der Waals surface area (Å²) in [6.07, 6.45) is 4.67. The number of carboxylic acids is 2. The number of aromatic nitrogens is 2.